The SMILES string of the molecule is CCCCCCC(C)(CCCC)c1nsc(I)n1. The summed E-state index contributed by atoms with van der Waals surface area (Å²) in [4.78, 5) is 4.63. The van der Waals surface area contributed by atoms with E-state index >= 15 is 0 Å². The predicted octanol–water partition coefficient (Wildman–Crippen LogP) is 5.56. The molecule has 0 fully saturated rings. The van der Waals surface area contributed by atoms with Crippen molar-refractivity contribution < 1.29 is 0 Å². The standard InChI is InChI=1S/C14H25IN2S/c1-4-6-8-9-11-14(3,10-7-5-2)12-16-13(15)18-17-12/h4-11H2,1-3H3. The smallest absolute Gasteiger partial charge is 0.173 e. The van der Waals surface area contributed by atoms with Crippen LogP contribution in [0.2, 0.25) is 0 Å². The predicted molar refractivity (Wildman–Crippen MR) is 88.3 cm³/mol. The number of aromatic nitrogens is 2. The molecule has 1 heterocycles. The van der Waals surface area contributed by atoms with Gasteiger partial charge in [0.1, 0.15) is 5.82 Å². The number of unbranched alkanes of at least 4 members (excludes halogenated alkanes) is 4. The Labute approximate surface area is 129 Å². The van der Waals surface area contributed by atoms with E-state index in [0.717, 1.165) is 8.84 Å². The van der Waals surface area contributed by atoms with Crippen LogP contribution in [0.1, 0.15) is 78.0 Å². The monoisotopic (exact) mass is 380 g/mol. The largest absolute Gasteiger partial charge is 0.213 e. The van der Waals surface area contributed by atoms with Gasteiger partial charge in [-0.25, -0.2) is 4.98 Å². The molecule has 1 atom stereocenters. The van der Waals surface area contributed by atoms with Gasteiger partial charge in [0.15, 0.2) is 3.01 Å². The van der Waals surface area contributed by atoms with Gasteiger partial charge in [0.2, 0.25) is 0 Å². The molecule has 0 saturated carbocycles. The third kappa shape index (κ3) is 5.11. The Morgan fingerprint density at radius 1 is 1.06 bits per heavy atom. The van der Waals surface area contributed by atoms with Gasteiger partial charge in [-0.1, -0.05) is 59.3 Å². The maximum atomic E-state index is 4.63. The minimum Gasteiger partial charge on any atom is -0.213 e. The highest BCUT2D eigenvalue weighted by atomic mass is 127. The van der Waals surface area contributed by atoms with E-state index in [1.54, 1.807) is 0 Å². The highest BCUT2D eigenvalue weighted by molar-refractivity contribution is 14.1. The lowest BCUT2D eigenvalue weighted by Crippen LogP contribution is -2.23. The first-order valence-electron chi connectivity index (χ1n) is 7.12. The second-order valence-electron chi connectivity index (χ2n) is 5.35. The summed E-state index contributed by atoms with van der Waals surface area (Å²) in [7, 11) is 0. The fourth-order valence-corrected chi connectivity index (χ4v) is 3.38. The van der Waals surface area contributed by atoms with Crippen molar-refractivity contribution in [3.8, 4) is 0 Å². The first kappa shape index (κ1) is 16.3. The zero-order valence-electron chi connectivity index (χ0n) is 11.8. The fourth-order valence-electron chi connectivity index (χ4n) is 2.31. The van der Waals surface area contributed by atoms with Crippen molar-refractivity contribution in [2.24, 2.45) is 0 Å². The van der Waals surface area contributed by atoms with Gasteiger partial charge in [-0.3, -0.25) is 0 Å². The summed E-state index contributed by atoms with van der Waals surface area (Å²) in [6.07, 6.45) is 10.3. The van der Waals surface area contributed by atoms with Crippen LogP contribution in [0.5, 0.6) is 0 Å². The van der Waals surface area contributed by atoms with E-state index < -0.39 is 0 Å². The maximum absolute atomic E-state index is 4.63. The van der Waals surface area contributed by atoms with Crippen LogP contribution in [0, 0.1) is 3.01 Å². The average molecular weight is 380 g/mol. The van der Waals surface area contributed by atoms with Gasteiger partial charge in [-0.15, -0.1) is 0 Å². The number of halogens is 1. The van der Waals surface area contributed by atoms with Crippen LogP contribution in [0.4, 0.5) is 0 Å². The second kappa shape index (κ2) is 8.46. The van der Waals surface area contributed by atoms with Gasteiger partial charge in [-0.2, -0.15) is 4.37 Å². The molecule has 4 heteroatoms. The molecule has 0 radical (unpaired) electrons. The molecule has 0 amide bonds. The van der Waals surface area contributed by atoms with E-state index in [1.165, 1.54) is 62.9 Å². The first-order valence-corrected chi connectivity index (χ1v) is 8.97. The van der Waals surface area contributed by atoms with E-state index in [9.17, 15) is 0 Å². The molecule has 0 aliphatic carbocycles. The summed E-state index contributed by atoms with van der Waals surface area (Å²) in [5.41, 5.74) is 0.198. The van der Waals surface area contributed by atoms with Crippen LogP contribution < -0.4 is 0 Å². The van der Waals surface area contributed by atoms with Crippen LogP contribution in [0.3, 0.4) is 0 Å². The van der Waals surface area contributed by atoms with Gasteiger partial charge in [0.25, 0.3) is 0 Å². The summed E-state index contributed by atoms with van der Waals surface area (Å²) in [5.74, 6) is 1.09. The van der Waals surface area contributed by atoms with Crippen LogP contribution in [0.15, 0.2) is 0 Å². The van der Waals surface area contributed by atoms with Crippen molar-refractivity contribution in [2.45, 2.75) is 77.6 Å². The first-order chi connectivity index (χ1) is 8.62. The van der Waals surface area contributed by atoms with Gasteiger partial charge >= 0.3 is 0 Å². The second-order valence-corrected chi connectivity index (χ2v) is 7.85. The fraction of sp³-hybridized carbons (Fsp3) is 0.857. The zero-order valence-corrected chi connectivity index (χ0v) is 14.8. The molecule has 0 spiro atoms. The molecule has 0 saturated heterocycles. The summed E-state index contributed by atoms with van der Waals surface area (Å²) in [6, 6.07) is 0. The Morgan fingerprint density at radius 2 is 1.72 bits per heavy atom. The number of nitrogens with zero attached hydrogens (tertiary/aromatic N) is 2. The number of rotatable bonds is 9. The van der Waals surface area contributed by atoms with Crippen LogP contribution in [-0.4, -0.2) is 9.36 Å². The van der Waals surface area contributed by atoms with Gasteiger partial charge in [-0.05, 0) is 47.0 Å². The molecule has 2 nitrogen and oxygen atoms in total. The Bertz CT molecular complexity index is 340. The summed E-state index contributed by atoms with van der Waals surface area (Å²) in [5, 5.41) is 0. The highest BCUT2D eigenvalue weighted by Gasteiger charge is 2.29. The molecule has 1 aromatic rings. The number of hydrogen-bond donors (Lipinski definition) is 0. The van der Waals surface area contributed by atoms with Crippen molar-refractivity contribution in [1.29, 1.82) is 0 Å². The normalized spacial score (nSPS) is 14.7. The summed E-state index contributed by atoms with van der Waals surface area (Å²) < 4.78 is 5.63. The molecule has 0 aliphatic rings. The molecule has 104 valence electrons. The summed E-state index contributed by atoms with van der Waals surface area (Å²) in [6.45, 7) is 6.88. The zero-order chi connectivity index (χ0) is 13.4. The van der Waals surface area contributed by atoms with E-state index in [-0.39, 0.29) is 5.41 Å². The quantitative estimate of drug-likeness (QED) is 0.414. The van der Waals surface area contributed by atoms with Crippen molar-refractivity contribution in [3.63, 3.8) is 0 Å². The maximum Gasteiger partial charge on any atom is 0.173 e. The van der Waals surface area contributed by atoms with Crippen molar-refractivity contribution in [3.05, 3.63) is 8.84 Å². The Morgan fingerprint density at radius 3 is 2.28 bits per heavy atom. The van der Waals surface area contributed by atoms with Crippen molar-refractivity contribution in [2.75, 3.05) is 0 Å². The Hall–Kier alpha value is 0.290. The van der Waals surface area contributed by atoms with Crippen molar-refractivity contribution in [1.82, 2.24) is 9.36 Å². The van der Waals surface area contributed by atoms with Crippen molar-refractivity contribution >= 4 is 34.1 Å². The van der Waals surface area contributed by atoms with E-state index in [1.807, 2.05) is 0 Å². The van der Waals surface area contributed by atoms with E-state index in [4.69, 9.17) is 0 Å². The molecule has 1 aromatic heterocycles. The Balaban J connectivity index is 2.62. The third-order valence-corrected chi connectivity index (χ3v) is 4.94. The van der Waals surface area contributed by atoms with Crippen LogP contribution in [0.25, 0.3) is 0 Å². The topological polar surface area (TPSA) is 25.8 Å². The molecule has 0 aliphatic heterocycles. The lowest BCUT2D eigenvalue weighted by atomic mass is 9.79. The average Bonchev–Trinajstić information content (AvgIpc) is 2.80. The lowest BCUT2D eigenvalue weighted by molar-refractivity contribution is 0.353. The highest BCUT2D eigenvalue weighted by Crippen LogP contribution is 2.34. The molecule has 18 heavy (non-hydrogen) atoms. The molecule has 0 N–H and O–H groups in total. The van der Waals surface area contributed by atoms with Gasteiger partial charge < -0.3 is 0 Å². The Kier molecular flexibility index (Phi) is 7.68. The van der Waals surface area contributed by atoms with Gasteiger partial charge in [0, 0.05) is 5.41 Å². The molecule has 1 unspecified atom stereocenters. The number of hydrogen-bond acceptors (Lipinski definition) is 3. The molecule has 0 bridgehead atoms. The van der Waals surface area contributed by atoms with Crippen LogP contribution >= 0.6 is 34.1 Å². The van der Waals surface area contributed by atoms with E-state index in [0.29, 0.717) is 0 Å². The minimum absolute atomic E-state index is 0.198. The molecular weight excluding hydrogens is 355 g/mol. The van der Waals surface area contributed by atoms with Gasteiger partial charge in [0.05, 0.1) is 0 Å². The van der Waals surface area contributed by atoms with Crippen LogP contribution in [-0.2, 0) is 5.41 Å². The summed E-state index contributed by atoms with van der Waals surface area (Å²) >= 11 is 3.81. The van der Waals surface area contributed by atoms with E-state index in [2.05, 4.69) is 52.7 Å². The minimum atomic E-state index is 0.198. The molecule has 1 rings (SSSR count). The lowest BCUT2D eigenvalue weighted by Gasteiger charge is -2.26. The molecular formula is C14H25IN2S. The third-order valence-electron chi connectivity index (χ3n) is 3.61. The molecule has 0 aromatic carbocycles.